The molecule has 5 heteroatoms. The first kappa shape index (κ1) is 15.8. The summed E-state index contributed by atoms with van der Waals surface area (Å²) in [5.74, 6) is 0. The van der Waals surface area contributed by atoms with Gasteiger partial charge in [0.2, 0.25) is 0 Å². The van der Waals surface area contributed by atoms with Crippen molar-refractivity contribution in [2.75, 3.05) is 25.1 Å². The molecule has 0 aliphatic rings. The van der Waals surface area contributed by atoms with Gasteiger partial charge in [-0.15, -0.1) is 0 Å². The van der Waals surface area contributed by atoms with Crippen LogP contribution in [0.15, 0.2) is 16.6 Å². The average molecular weight is 337 g/mol. The third-order valence-electron chi connectivity index (χ3n) is 2.41. The zero-order valence-corrected chi connectivity index (χ0v) is 13.3. The monoisotopic (exact) mass is 335 g/mol. The predicted molar refractivity (Wildman–Crippen MR) is 79.4 cm³/mol. The summed E-state index contributed by atoms with van der Waals surface area (Å²) in [6, 6.07) is 3.89. The van der Waals surface area contributed by atoms with Gasteiger partial charge in [-0.25, -0.2) is 0 Å². The van der Waals surface area contributed by atoms with Gasteiger partial charge in [-0.05, 0) is 54.4 Å². The van der Waals surface area contributed by atoms with Crippen molar-refractivity contribution in [2.45, 2.75) is 27.1 Å². The van der Waals surface area contributed by atoms with E-state index in [-0.39, 0.29) is 6.29 Å². The van der Waals surface area contributed by atoms with Crippen LogP contribution in [0.5, 0.6) is 0 Å². The minimum absolute atomic E-state index is 0.244. The Morgan fingerprint density at radius 1 is 1.28 bits per heavy atom. The van der Waals surface area contributed by atoms with Gasteiger partial charge in [0, 0.05) is 22.7 Å². The van der Waals surface area contributed by atoms with Crippen LogP contribution in [-0.2, 0) is 9.47 Å². The van der Waals surface area contributed by atoms with Crippen LogP contribution in [0.25, 0.3) is 0 Å². The fraction of sp³-hybridized carbons (Fsp3) is 0.538. The number of benzene rings is 1. The first-order valence-corrected chi connectivity index (χ1v) is 7.18. The van der Waals surface area contributed by atoms with Crippen molar-refractivity contribution in [1.82, 2.24) is 0 Å². The van der Waals surface area contributed by atoms with Crippen LogP contribution in [0.1, 0.15) is 19.4 Å². The van der Waals surface area contributed by atoms with Crippen molar-refractivity contribution in [2.24, 2.45) is 0 Å². The molecule has 0 radical (unpaired) electrons. The SMILES string of the molecule is CCOC(CNc1cc(Cl)c(C)cc1Br)OCC. The summed E-state index contributed by atoms with van der Waals surface area (Å²) < 4.78 is 11.9. The number of ether oxygens (including phenoxy) is 2. The molecule has 1 aromatic carbocycles. The molecule has 3 nitrogen and oxygen atoms in total. The van der Waals surface area contributed by atoms with Crippen LogP contribution in [0, 0.1) is 6.92 Å². The van der Waals surface area contributed by atoms with Crippen molar-refractivity contribution in [3.05, 3.63) is 27.2 Å². The van der Waals surface area contributed by atoms with Crippen LogP contribution in [0.2, 0.25) is 5.02 Å². The third kappa shape index (κ3) is 4.76. The van der Waals surface area contributed by atoms with E-state index < -0.39 is 0 Å². The minimum atomic E-state index is -0.244. The lowest BCUT2D eigenvalue weighted by molar-refractivity contribution is -0.126. The lowest BCUT2D eigenvalue weighted by Gasteiger charge is -2.19. The third-order valence-corrected chi connectivity index (χ3v) is 3.48. The molecule has 0 fully saturated rings. The molecule has 18 heavy (non-hydrogen) atoms. The van der Waals surface area contributed by atoms with Crippen molar-refractivity contribution in [1.29, 1.82) is 0 Å². The summed E-state index contributed by atoms with van der Waals surface area (Å²) in [5, 5.41) is 4.01. The minimum Gasteiger partial charge on any atom is -0.379 e. The van der Waals surface area contributed by atoms with Crippen molar-refractivity contribution < 1.29 is 9.47 Å². The van der Waals surface area contributed by atoms with Crippen molar-refractivity contribution >= 4 is 33.2 Å². The molecule has 0 bridgehead atoms. The van der Waals surface area contributed by atoms with Gasteiger partial charge in [0.15, 0.2) is 6.29 Å². The maximum absolute atomic E-state index is 6.10. The second-order valence-corrected chi connectivity index (χ2v) is 5.06. The molecule has 0 spiro atoms. The Hall–Kier alpha value is -0.290. The Kier molecular flexibility index (Phi) is 7.00. The predicted octanol–water partition coefficient (Wildman–Crippen LogP) is 4.22. The Balaban J connectivity index is 2.64. The molecular formula is C13H19BrClNO2. The number of halogens is 2. The highest BCUT2D eigenvalue weighted by Gasteiger charge is 2.09. The number of rotatable bonds is 7. The van der Waals surface area contributed by atoms with Gasteiger partial charge in [0.25, 0.3) is 0 Å². The van der Waals surface area contributed by atoms with Crippen LogP contribution in [0.4, 0.5) is 5.69 Å². The topological polar surface area (TPSA) is 30.5 Å². The largest absolute Gasteiger partial charge is 0.379 e. The van der Waals surface area contributed by atoms with Crippen LogP contribution in [-0.4, -0.2) is 26.0 Å². The molecule has 0 heterocycles. The Morgan fingerprint density at radius 2 is 1.89 bits per heavy atom. The number of nitrogens with one attached hydrogen (secondary N) is 1. The van der Waals surface area contributed by atoms with E-state index in [1.54, 1.807) is 0 Å². The number of anilines is 1. The number of hydrogen-bond acceptors (Lipinski definition) is 3. The Morgan fingerprint density at radius 3 is 2.44 bits per heavy atom. The molecule has 102 valence electrons. The van der Waals surface area contributed by atoms with E-state index in [9.17, 15) is 0 Å². The van der Waals surface area contributed by atoms with Gasteiger partial charge in [-0.2, -0.15) is 0 Å². The molecular weight excluding hydrogens is 318 g/mol. The zero-order valence-electron chi connectivity index (χ0n) is 10.9. The van der Waals surface area contributed by atoms with Crippen LogP contribution in [0.3, 0.4) is 0 Å². The normalized spacial score (nSPS) is 11.0. The number of aryl methyl sites for hydroxylation is 1. The van der Waals surface area contributed by atoms with E-state index in [1.165, 1.54) is 0 Å². The molecule has 1 N–H and O–H groups in total. The zero-order chi connectivity index (χ0) is 13.5. The van der Waals surface area contributed by atoms with E-state index in [1.807, 2.05) is 32.9 Å². The molecule has 0 atom stereocenters. The molecule has 0 aliphatic heterocycles. The molecule has 1 aromatic rings. The smallest absolute Gasteiger partial charge is 0.174 e. The Bertz CT molecular complexity index is 381. The van der Waals surface area contributed by atoms with Gasteiger partial charge in [0.05, 0.1) is 12.2 Å². The standard InChI is InChI=1S/C13H19BrClNO2/c1-4-17-13(18-5-2)8-16-12-7-11(15)9(3)6-10(12)14/h6-7,13,16H,4-5,8H2,1-3H3. The molecule has 0 aliphatic carbocycles. The molecule has 0 aromatic heterocycles. The maximum Gasteiger partial charge on any atom is 0.174 e. The highest BCUT2D eigenvalue weighted by atomic mass is 79.9. The van der Waals surface area contributed by atoms with Gasteiger partial charge in [0.1, 0.15) is 0 Å². The van der Waals surface area contributed by atoms with Gasteiger partial charge in [-0.3, -0.25) is 0 Å². The van der Waals surface area contributed by atoms with E-state index in [0.29, 0.717) is 19.8 Å². The molecule has 0 unspecified atom stereocenters. The average Bonchev–Trinajstić information content (AvgIpc) is 2.32. The first-order chi connectivity index (χ1) is 8.58. The highest BCUT2D eigenvalue weighted by Crippen LogP contribution is 2.29. The quantitative estimate of drug-likeness (QED) is 0.756. The molecule has 0 saturated carbocycles. The van der Waals surface area contributed by atoms with E-state index in [4.69, 9.17) is 21.1 Å². The summed E-state index contributed by atoms with van der Waals surface area (Å²) in [7, 11) is 0. The van der Waals surface area contributed by atoms with E-state index in [2.05, 4.69) is 21.2 Å². The van der Waals surface area contributed by atoms with Gasteiger partial charge >= 0.3 is 0 Å². The highest BCUT2D eigenvalue weighted by molar-refractivity contribution is 9.10. The maximum atomic E-state index is 6.10. The lowest BCUT2D eigenvalue weighted by Crippen LogP contribution is -2.26. The lowest BCUT2D eigenvalue weighted by atomic mass is 10.2. The van der Waals surface area contributed by atoms with Crippen molar-refractivity contribution in [3.8, 4) is 0 Å². The molecule has 0 saturated heterocycles. The fourth-order valence-electron chi connectivity index (χ4n) is 1.51. The number of hydrogen-bond donors (Lipinski definition) is 1. The van der Waals surface area contributed by atoms with Crippen LogP contribution < -0.4 is 5.32 Å². The first-order valence-electron chi connectivity index (χ1n) is 6.01. The second-order valence-electron chi connectivity index (χ2n) is 3.80. The van der Waals surface area contributed by atoms with E-state index >= 15 is 0 Å². The summed E-state index contributed by atoms with van der Waals surface area (Å²) in [6.45, 7) is 7.71. The van der Waals surface area contributed by atoms with Gasteiger partial charge in [-0.1, -0.05) is 11.6 Å². The fourth-order valence-corrected chi connectivity index (χ4v) is 2.27. The summed E-state index contributed by atoms with van der Waals surface area (Å²) >= 11 is 9.61. The van der Waals surface area contributed by atoms with Gasteiger partial charge < -0.3 is 14.8 Å². The van der Waals surface area contributed by atoms with Crippen LogP contribution >= 0.6 is 27.5 Å². The second kappa shape index (κ2) is 8.00. The Labute approximate surface area is 122 Å². The van der Waals surface area contributed by atoms with Crippen molar-refractivity contribution in [3.63, 3.8) is 0 Å². The molecule has 1 rings (SSSR count). The summed E-state index contributed by atoms with van der Waals surface area (Å²) in [6.07, 6.45) is -0.244. The molecule has 0 amide bonds. The summed E-state index contributed by atoms with van der Waals surface area (Å²) in [4.78, 5) is 0. The van der Waals surface area contributed by atoms with E-state index in [0.717, 1.165) is 20.7 Å². The summed E-state index contributed by atoms with van der Waals surface area (Å²) in [5.41, 5.74) is 1.98.